The van der Waals surface area contributed by atoms with Crippen molar-refractivity contribution < 1.29 is 14.6 Å². The largest absolute Gasteiger partial charge is 0.508 e. The summed E-state index contributed by atoms with van der Waals surface area (Å²) in [6.07, 6.45) is 0. The van der Waals surface area contributed by atoms with Crippen LogP contribution in [0.5, 0.6) is 17.2 Å². The van der Waals surface area contributed by atoms with Gasteiger partial charge in [0.1, 0.15) is 5.75 Å². The molecule has 1 aromatic heterocycles. The summed E-state index contributed by atoms with van der Waals surface area (Å²) in [7, 11) is 0. The Morgan fingerprint density at radius 3 is 2.81 bits per heavy atom. The lowest BCUT2D eigenvalue weighted by Crippen LogP contribution is -2.11. The number of fused-ring (bicyclic) bond motifs is 1. The minimum Gasteiger partial charge on any atom is -0.508 e. The number of H-pyrrole nitrogens is 1. The fourth-order valence-corrected chi connectivity index (χ4v) is 3.02. The van der Waals surface area contributed by atoms with Gasteiger partial charge >= 0.3 is 0 Å². The number of aromatic amines is 1. The smallest absolute Gasteiger partial charge is 0.231 e. The van der Waals surface area contributed by atoms with Crippen molar-refractivity contribution in [1.29, 1.82) is 0 Å². The number of phenolic OH excluding ortho intramolecular Hbond substituents is 1. The van der Waals surface area contributed by atoms with Gasteiger partial charge in [0.2, 0.25) is 11.6 Å². The van der Waals surface area contributed by atoms with Gasteiger partial charge in [-0.05, 0) is 54.0 Å². The molecule has 4 rings (SSSR count). The van der Waals surface area contributed by atoms with Crippen LogP contribution in [0.2, 0.25) is 0 Å². The van der Waals surface area contributed by atoms with Crippen molar-refractivity contribution in [2.45, 2.75) is 19.8 Å². The van der Waals surface area contributed by atoms with Crippen LogP contribution in [0.1, 0.15) is 25.3 Å². The summed E-state index contributed by atoms with van der Waals surface area (Å²) in [5, 5.41) is 17.2. The molecule has 1 aliphatic rings. The summed E-state index contributed by atoms with van der Waals surface area (Å²) in [5.74, 6) is 2.47. The van der Waals surface area contributed by atoms with Gasteiger partial charge in [0.25, 0.3) is 0 Å². The average molecular weight is 370 g/mol. The van der Waals surface area contributed by atoms with Gasteiger partial charge in [-0.15, -0.1) is 0 Å². The lowest BCUT2D eigenvalue weighted by atomic mass is 9.99. The lowest BCUT2D eigenvalue weighted by Gasteiger charge is -2.13. The monoisotopic (exact) mass is 370 g/mol. The van der Waals surface area contributed by atoms with Crippen molar-refractivity contribution in [3.05, 3.63) is 46.7 Å². The number of hydrogen-bond acceptors (Lipinski definition) is 6. The maximum atomic E-state index is 10.1. The van der Waals surface area contributed by atoms with Gasteiger partial charge in [0.15, 0.2) is 17.3 Å². The highest BCUT2D eigenvalue weighted by molar-refractivity contribution is 7.71. The Morgan fingerprint density at radius 2 is 2.00 bits per heavy atom. The molecule has 0 saturated heterocycles. The highest BCUT2D eigenvalue weighted by Gasteiger charge is 2.16. The summed E-state index contributed by atoms with van der Waals surface area (Å²) in [6, 6.07) is 11.0. The first-order valence-electron chi connectivity index (χ1n) is 8.20. The van der Waals surface area contributed by atoms with E-state index in [1.54, 1.807) is 10.7 Å². The molecule has 3 N–H and O–H groups in total. The van der Waals surface area contributed by atoms with Gasteiger partial charge < -0.3 is 14.6 Å². The number of nitrogens with zero attached hydrogens (tertiary/aromatic N) is 2. The molecule has 0 bridgehead atoms. The minimum atomic E-state index is 0.187. The number of benzene rings is 2. The number of anilines is 1. The zero-order chi connectivity index (χ0) is 18.3. The van der Waals surface area contributed by atoms with Gasteiger partial charge in [-0.2, -0.15) is 5.10 Å². The Kier molecular flexibility index (Phi) is 4.04. The number of rotatable bonds is 4. The van der Waals surface area contributed by atoms with Crippen LogP contribution in [-0.4, -0.2) is 26.8 Å². The van der Waals surface area contributed by atoms with E-state index in [0.717, 1.165) is 16.8 Å². The lowest BCUT2D eigenvalue weighted by molar-refractivity contribution is 0.174. The Morgan fingerprint density at radius 1 is 1.19 bits per heavy atom. The maximum absolute atomic E-state index is 10.1. The predicted molar refractivity (Wildman–Crippen MR) is 100 cm³/mol. The molecule has 0 spiro atoms. The van der Waals surface area contributed by atoms with Crippen molar-refractivity contribution in [1.82, 2.24) is 14.9 Å². The molecule has 134 valence electrons. The molecule has 0 unspecified atom stereocenters. The van der Waals surface area contributed by atoms with E-state index in [9.17, 15) is 5.11 Å². The van der Waals surface area contributed by atoms with Crippen LogP contribution in [0.15, 0.2) is 36.4 Å². The molecule has 2 heterocycles. The second kappa shape index (κ2) is 6.38. The first-order valence-corrected chi connectivity index (χ1v) is 8.61. The van der Waals surface area contributed by atoms with E-state index in [0.29, 0.717) is 22.1 Å². The molecule has 0 aliphatic carbocycles. The van der Waals surface area contributed by atoms with Gasteiger partial charge in [0, 0.05) is 11.6 Å². The van der Waals surface area contributed by atoms with Crippen molar-refractivity contribution in [3.8, 4) is 28.6 Å². The van der Waals surface area contributed by atoms with Crippen LogP contribution in [0.3, 0.4) is 0 Å². The van der Waals surface area contributed by atoms with Crippen LogP contribution < -0.4 is 14.9 Å². The molecular formula is C18H18N4O3S. The molecule has 8 heteroatoms. The summed E-state index contributed by atoms with van der Waals surface area (Å²) in [5.41, 5.74) is 5.71. The molecule has 1 aliphatic heterocycles. The molecule has 2 aromatic carbocycles. The van der Waals surface area contributed by atoms with Crippen LogP contribution in [-0.2, 0) is 0 Å². The van der Waals surface area contributed by atoms with Gasteiger partial charge in [-0.1, -0.05) is 13.8 Å². The number of ether oxygens (including phenoxy) is 2. The molecule has 26 heavy (non-hydrogen) atoms. The van der Waals surface area contributed by atoms with Gasteiger partial charge in [-0.3, -0.25) is 5.43 Å². The number of hydrogen-bond donors (Lipinski definition) is 3. The highest BCUT2D eigenvalue weighted by Crippen LogP contribution is 2.35. The summed E-state index contributed by atoms with van der Waals surface area (Å²) in [6.45, 7) is 4.28. The van der Waals surface area contributed by atoms with E-state index < -0.39 is 0 Å². The van der Waals surface area contributed by atoms with Crippen LogP contribution in [0.4, 0.5) is 5.69 Å². The predicted octanol–water partition coefficient (Wildman–Crippen LogP) is 4.04. The minimum absolute atomic E-state index is 0.187. The van der Waals surface area contributed by atoms with Gasteiger partial charge in [0.05, 0.1) is 5.69 Å². The molecule has 0 radical (unpaired) electrons. The Balaban J connectivity index is 1.72. The third kappa shape index (κ3) is 2.88. The number of phenols is 1. The SMILES string of the molecule is CC(C)c1cc(-c2n[nH]c(=S)n2Nc2ccc3c(c2)OCO3)ccc1O. The number of aromatic nitrogens is 3. The summed E-state index contributed by atoms with van der Waals surface area (Å²) in [4.78, 5) is 0. The Hall–Kier alpha value is -3.00. The molecule has 7 nitrogen and oxygen atoms in total. The fourth-order valence-electron chi connectivity index (χ4n) is 2.85. The Bertz CT molecular complexity index is 1030. The van der Waals surface area contributed by atoms with Crippen molar-refractivity contribution >= 4 is 17.9 Å². The Labute approximate surface area is 155 Å². The van der Waals surface area contributed by atoms with Crippen molar-refractivity contribution in [2.75, 3.05) is 12.2 Å². The highest BCUT2D eigenvalue weighted by atomic mass is 32.1. The number of aromatic hydroxyl groups is 1. The first kappa shape index (κ1) is 16.5. The molecule has 3 aromatic rings. The van der Waals surface area contributed by atoms with E-state index in [4.69, 9.17) is 21.7 Å². The van der Waals surface area contributed by atoms with E-state index in [1.807, 2.05) is 44.2 Å². The molecule has 0 fully saturated rings. The maximum Gasteiger partial charge on any atom is 0.231 e. The first-order chi connectivity index (χ1) is 12.5. The van der Waals surface area contributed by atoms with E-state index in [2.05, 4.69) is 15.6 Å². The number of nitrogens with one attached hydrogen (secondary N) is 2. The van der Waals surface area contributed by atoms with Crippen LogP contribution in [0, 0.1) is 4.77 Å². The summed E-state index contributed by atoms with van der Waals surface area (Å²) < 4.78 is 12.9. The topological polar surface area (TPSA) is 84.3 Å². The molecule has 0 saturated carbocycles. The van der Waals surface area contributed by atoms with Gasteiger partial charge in [-0.25, -0.2) is 9.77 Å². The second-order valence-electron chi connectivity index (χ2n) is 6.30. The molecular weight excluding hydrogens is 352 g/mol. The normalized spacial score (nSPS) is 12.6. The van der Waals surface area contributed by atoms with E-state index in [1.165, 1.54) is 0 Å². The average Bonchev–Trinajstić information content (AvgIpc) is 3.22. The fraction of sp³-hybridized carbons (Fsp3) is 0.222. The zero-order valence-electron chi connectivity index (χ0n) is 14.3. The molecule has 0 amide bonds. The third-order valence-corrected chi connectivity index (χ3v) is 4.47. The quantitative estimate of drug-likeness (QED) is 0.601. The van der Waals surface area contributed by atoms with Crippen molar-refractivity contribution in [2.24, 2.45) is 0 Å². The van der Waals surface area contributed by atoms with Crippen molar-refractivity contribution in [3.63, 3.8) is 0 Å². The molecule has 0 atom stereocenters. The van der Waals surface area contributed by atoms with E-state index >= 15 is 0 Å². The third-order valence-electron chi connectivity index (χ3n) is 4.19. The van der Waals surface area contributed by atoms with E-state index in [-0.39, 0.29) is 18.5 Å². The zero-order valence-corrected chi connectivity index (χ0v) is 15.1. The standard InChI is InChI=1S/C18H18N4O3S/c1-10(2)13-7-11(3-5-14(13)23)17-19-20-18(26)22(17)21-12-4-6-15-16(8-12)25-9-24-15/h3-8,10,21,23H,9H2,1-2H3,(H,20,26). The van der Waals surface area contributed by atoms with Crippen LogP contribution in [0.25, 0.3) is 11.4 Å². The van der Waals surface area contributed by atoms with Crippen LogP contribution >= 0.6 is 12.2 Å². The summed E-state index contributed by atoms with van der Waals surface area (Å²) >= 11 is 5.36. The second-order valence-corrected chi connectivity index (χ2v) is 6.68.